The van der Waals surface area contributed by atoms with Gasteiger partial charge in [-0.05, 0) is 31.6 Å². The van der Waals surface area contributed by atoms with Gasteiger partial charge in [-0.15, -0.1) is 0 Å². The predicted octanol–water partition coefficient (Wildman–Crippen LogP) is 2.50. The van der Waals surface area contributed by atoms with Crippen molar-refractivity contribution >= 4 is 22.8 Å². The second-order valence-corrected chi connectivity index (χ2v) is 7.17. The average Bonchev–Trinajstić information content (AvgIpc) is 2.86. The lowest BCUT2D eigenvalue weighted by Gasteiger charge is -2.26. The monoisotopic (exact) mass is 297 g/mol. The Morgan fingerprint density at radius 3 is 2.85 bits per heavy atom. The Morgan fingerprint density at radius 2 is 2.15 bits per heavy atom. The van der Waals surface area contributed by atoms with Crippen LogP contribution in [0.3, 0.4) is 0 Å². The number of hydrogen-bond acceptors (Lipinski definition) is 3. The number of nitrogens with zero attached hydrogens (tertiary/aromatic N) is 2. The first-order valence-corrected chi connectivity index (χ1v) is 8.85. The van der Waals surface area contributed by atoms with Gasteiger partial charge in [0.2, 0.25) is 5.91 Å². The maximum Gasteiger partial charge on any atom is 0.224 e. The van der Waals surface area contributed by atoms with Gasteiger partial charge in [0.15, 0.2) is 5.17 Å². The quantitative estimate of drug-likeness (QED) is 0.848. The first kappa shape index (κ1) is 15.7. The third-order valence-corrected chi connectivity index (χ3v) is 4.88. The third-order valence-electron chi connectivity index (χ3n) is 3.79. The van der Waals surface area contributed by atoms with Crippen molar-refractivity contribution in [2.24, 2.45) is 10.9 Å². The van der Waals surface area contributed by atoms with Gasteiger partial charge in [0.05, 0.1) is 6.54 Å². The molecule has 0 saturated carbocycles. The number of amides is 1. The van der Waals surface area contributed by atoms with Crippen LogP contribution in [0.2, 0.25) is 0 Å². The van der Waals surface area contributed by atoms with Crippen LogP contribution in [0.25, 0.3) is 0 Å². The Labute approximate surface area is 126 Å². The van der Waals surface area contributed by atoms with E-state index in [9.17, 15) is 4.79 Å². The molecule has 0 spiro atoms. The van der Waals surface area contributed by atoms with E-state index in [0.29, 0.717) is 24.9 Å². The van der Waals surface area contributed by atoms with Gasteiger partial charge >= 0.3 is 0 Å². The molecule has 1 N–H and O–H groups in total. The molecule has 2 aliphatic heterocycles. The largest absolute Gasteiger partial charge is 0.361 e. The summed E-state index contributed by atoms with van der Waals surface area (Å²) in [5.74, 6) is 2.10. The van der Waals surface area contributed by atoms with Crippen molar-refractivity contribution in [3.05, 3.63) is 0 Å². The maximum atomic E-state index is 12.0. The molecule has 2 saturated heterocycles. The number of piperidine rings is 1. The van der Waals surface area contributed by atoms with Crippen molar-refractivity contribution in [2.45, 2.75) is 52.0 Å². The SMILES string of the molecule is CC(C)CC1CSC(=NCCC(=O)N2CCCCC2)N1. The number of rotatable bonds is 5. The van der Waals surface area contributed by atoms with Crippen molar-refractivity contribution in [1.82, 2.24) is 10.2 Å². The summed E-state index contributed by atoms with van der Waals surface area (Å²) in [6.07, 6.45) is 5.34. The van der Waals surface area contributed by atoms with Crippen LogP contribution in [-0.2, 0) is 4.79 Å². The summed E-state index contributed by atoms with van der Waals surface area (Å²) in [7, 11) is 0. The van der Waals surface area contributed by atoms with Crippen LogP contribution in [0.15, 0.2) is 4.99 Å². The summed E-state index contributed by atoms with van der Waals surface area (Å²) >= 11 is 1.79. The highest BCUT2D eigenvalue weighted by Crippen LogP contribution is 2.19. The molecule has 2 rings (SSSR count). The molecule has 2 aliphatic rings. The molecule has 114 valence electrons. The second kappa shape index (κ2) is 7.91. The number of carbonyl (C=O) groups excluding carboxylic acids is 1. The van der Waals surface area contributed by atoms with Crippen LogP contribution in [0.5, 0.6) is 0 Å². The van der Waals surface area contributed by atoms with Crippen molar-refractivity contribution in [2.75, 3.05) is 25.4 Å². The van der Waals surface area contributed by atoms with Gasteiger partial charge in [-0.3, -0.25) is 9.79 Å². The van der Waals surface area contributed by atoms with Gasteiger partial charge in [0.1, 0.15) is 0 Å². The van der Waals surface area contributed by atoms with Gasteiger partial charge in [-0.1, -0.05) is 25.6 Å². The van der Waals surface area contributed by atoms with Gasteiger partial charge in [0.25, 0.3) is 0 Å². The standard InChI is InChI=1S/C15H27N3OS/c1-12(2)10-13-11-20-15(17-13)16-7-6-14(19)18-8-4-3-5-9-18/h12-13H,3-11H2,1-2H3,(H,16,17). The normalized spacial score (nSPS) is 25.2. The number of likely N-dealkylation sites (tertiary alicyclic amines) is 1. The molecule has 0 aliphatic carbocycles. The first-order chi connectivity index (χ1) is 9.65. The molecular formula is C15H27N3OS. The number of carbonyl (C=O) groups is 1. The molecule has 2 fully saturated rings. The Hall–Kier alpha value is -0.710. The molecule has 5 heteroatoms. The molecule has 1 unspecified atom stereocenters. The topological polar surface area (TPSA) is 44.7 Å². The van der Waals surface area contributed by atoms with Gasteiger partial charge in [0, 0.05) is 31.3 Å². The molecule has 0 aromatic carbocycles. The Balaban J connectivity index is 1.67. The molecule has 0 bridgehead atoms. The molecule has 0 radical (unpaired) electrons. The first-order valence-electron chi connectivity index (χ1n) is 7.86. The fraction of sp³-hybridized carbons (Fsp3) is 0.867. The van der Waals surface area contributed by atoms with E-state index >= 15 is 0 Å². The highest BCUT2D eigenvalue weighted by Gasteiger charge is 2.21. The summed E-state index contributed by atoms with van der Waals surface area (Å²) in [6.45, 7) is 7.01. The lowest BCUT2D eigenvalue weighted by atomic mass is 10.1. The van der Waals surface area contributed by atoms with Gasteiger partial charge in [-0.2, -0.15) is 0 Å². The van der Waals surface area contributed by atoms with Crippen molar-refractivity contribution in [3.63, 3.8) is 0 Å². The minimum absolute atomic E-state index is 0.274. The Kier molecular flexibility index (Phi) is 6.20. The lowest BCUT2D eigenvalue weighted by Crippen LogP contribution is -2.35. The van der Waals surface area contributed by atoms with Crippen LogP contribution in [-0.4, -0.2) is 47.4 Å². The van der Waals surface area contributed by atoms with E-state index in [2.05, 4.69) is 24.2 Å². The number of amidine groups is 1. The fourth-order valence-corrected chi connectivity index (χ4v) is 3.79. The zero-order chi connectivity index (χ0) is 14.4. The number of nitrogens with one attached hydrogen (secondary N) is 1. The van der Waals surface area contributed by atoms with Crippen LogP contribution >= 0.6 is 11.8 Å². The fourth-order valence-electron chi connectivity index (χ4n) is 2.78. The van der Waals surface area contributed by atoms with Gasteiger partial charge in [-0.25, -0.2) is 0 Å². The van der Waals surface area contributed by atoms with Crippen LogP contribution in [0.1, 0.15) is 46.0 Å². The average molecular weight is 297 g/mol. The summed E-state index contributed by atoms with van der Waals surface area (Å²) in [4.78, 5) is 18.5. The summed E-state index contributed by atoms with van der Waals surface area (Å²) in [5, 5.41) is 4.49. The zero-order valence-electron chi connectivity index (χ0n) is 12.7. The maximum absolute atomic E-state index is 12.0. The van der Waals surface area contributed by atoms with E-state index in [0.717, 1.165) is 36.9 Å². The Bertz CT molecular complexity index is 351. The van der Waals surface area contributed by atoms with E-state index in [1.807, 2.05) is 4.90 Å². The zero-order valence-corrected chi connectivity index (χ0v) is 13.5. The van der Waals surface area contributed by atoms with Gasteiger partial charge < -0.3 is 10.2 Å². The molecule has 4 nitrogen and oxygen atoms in total. The van der Waals surface area contributed by atoms with Crippen LogP contribution in [0, 0.1) is 5.92 Å². The molecular weight excluding hydrogens is 270 g/mol. The molecule has 20 heavy (non-hydrogen) atoms. The summed E-state index contributed by atoms with van der Waals surface area (Å²) in [5.41, 5.74) is 0. The smallest absolute Gasteiger partial charge is 0.224 e. The minimum atomic E-state index is 0.274. The molecule has 0 aromatic heterocycles. The molecule has 1 atom stereocenters. The van der Waals surface area contributed by atoms with E-state index in [1.54, 1.807) is 11.8 Å². The minimum Gasteiger partial charge on any atom is -0.361 e. The molecule has 0 aromatic rings. The van der Waals surface area contributed by atoms with Crippen molar-refractivity contribution in [1.29, 1.82) is 0 Å². The molecule has 2 heterocycles. The Morgan fingerprint density at radius 1 is 1.40 bits per heavy atom. The highest BCUT2D eigenvalue weighted by atomic mass is 32.2. The van der Waals surface area contributed by atoms with E-state index < -0.39 is 0 Å². The number of hydrogen-bond donors (Lipinski definition) is 1. The second-order valence-electron chi connectivity index (χ2n) is 6.16. The summed E-state index contributed by atoms with van der Waals surface area (Å²) in [6, 6.07) is 0.552. The number of thioether (sulfide) groups is 1. The third kappa shape index (κ3) is 5.00. The van der Waals surface area contributed by atoms with Crippen LogP contribution in [0.4, 0.5) is 0 Å². The molecule has 1 amide bonds. The number of aliphatic imine (C=N–C) groups is 1. The van der Waals surface area contributed by atoms with E-state index in [-0.39, 0.29) is 5.91 Å². The lowest BCUT2D eigenvalue weighted by molar-refractivity contribution is -0.131. The highest BCUT2D eigenvalue weighted by molar-refractivity contribution is 8.14. The van der Waals surface area contributed by atoms with E-state index in [4.69, 9.17) is 0 Å². The van der Waals surface area contributed by atoms with Crippen LogP contribution < -0.4 is 5.32 Å². The predicted molar refractivity (Wildman–Crippen MR) is 86.2 cm³/mol. The van der Waals surface area contributed by atoms with Crippen molar-refractivity contribution < 1.29 is 4.79 Å². The van der Waals surface area contributed by atoms with Crippen molar-refractivity contribution in [3.8, 4) is 0 Å². The summed E-state index contributed by atoms with van der Waals surface area (Å²) < 4.78 is 0. The van der Waals surface area contributed by atoms with E-state index in [1.165, 1.54) is 12.8 Å².